The minimum Gasteiger partial charge on any atom is -0.507 e. The molecule has 2 aliphatic carbocycles. The van der Waals surface area contributed by atoms with Crippen LogP contribution in [0, 0.1) is 0 Å². The molecule has 0 saturated carbocycles. The van der Waals surface area contributed by atoms with Gasteiger partial charge in [-0.25, -0.2) is 0 Å². The number of carbonyl (C=O) groups excluding carboxylic acids is 2. The van der Waals surface area contributed by atoms with Crippen molar-refractivity contribution in [1.29, 1.82) is 0 Å². The Morgan fingerprint density at radius 1 is 1.08 bits per heavy atom. The van der Waals surface area contributed by atoms with Crippen LogP contribution in [0.15, 0.2) is 22.8 Å². The Labute approximate surface area is 151 Å². The molecule has 0 spiro atoms. The number of aliphatic hydroxyl groups is 1. The normalized spacial score (nSPS) is 23.5. The van der Waals surface area contributed by atoms with Crippen molar-refractivity contribution in [2.24, 2.45) is 0 Å². The zero-order chi connectivity index (χ0) is 19.5. The highest BCUT2D eigenvalue weighted by Gasteiger charge is 2.48. The zero-order valence-electron chi connectivity index (χ0n) is 15.2. The van der Waals surface area contributed by atoms with Gasteiger partial charge in [0, 0.05) is 29.4 Å². The first-order valence-electron chi connectivity index (χ1n) is 8.46. The van der Waals surface area contributed by atoms with Gasteiger partial charge in [0.05, 0.1) is 11.7 Å². The number of aliphatic hydroxyl groups excluding tert-OH is 1. The van der Waals surface area contributed by atoms with E-state index in [0.717, 1.165) is 0 Å². The molecule has 1 aromatic carbocycles. The van der Waals surface area contributed by atoms with Crippen molar-refractivity contribution in [3.63, 3.8) is 0 Å². The fraction of sp³-hybridized carbons (Fsp3) is 0.400. The number of rotatable bonds is 2. The van der Waals surface area contributed by atoms with E-state index in [0.29, 0.717) is 16.7 Å². The van der Waals surface area contributed by atoms with Crippen molar-refractivity contribution in [1.82, 2.24) is 0 Å². The lowest BCUT2D eigenvalue weighted by atomic mass is 9.61. The number of carbonyl (C=O) groups is 2. The molecular formula is C20H22O6. The second-order valence-electron chi connectivity index (χ2n) is 7.43. The van der Waals surface area contributed by atoms with Crippen LogP contribution in [0.3, 0.4) is 0 Å². The monoisotopic (exact) mass is 358 g/mol. The number of phenolic OH excluding ortho intramolecular Hbond substituents is 3. The van der Waals surface area contributed by atoms with E-state index in [9.17, 15) is 30.0 Å². The summed E-state index contributed by atoms with van der Waals surface area (Å²) < 4.78 is 0. The van der Waals surface area contributed by atoms with Crippen molar-refractivity contribution in [2.75, 3.05) is 0 Å². The molecule has 0 radical (unpaired) electrons. The number of aromatic hydroxyl groups is 3. The molecule has 6 heteroatoms. The Balaban J connectivity index is 2.38. The molecule has 0 aromatic heterocycles. The predicted molar refractivity (Wildman–Crippen MR) is 94.6 cm³/mol. The van der Waals surface area contributed by atoms with E-state index in [4.69, 9.17) is 0 Å². The second kappa shape index (κ2) is 5.71. The number of fused-ring (bicyclic) bond motifs is 3. The number of hydrogen-bond donors (Lipinski definition) is 4. The van der Waals surface area contributed by atoms with E-state index >= 15 is 0 Å². The molecule has 0 saturated heterocycles. The van der Waals surface area contributed by atoms with Crippen LogP contribution in [0.2, 0.25) is 0 Å². The summed E-state index contributed by atoms with van der Waals surface area (Å²) in [5, 5.41) is 41.3. The van der Waals surface area contributed by atoms with Gasteiger partial charge in [0.1, 0.15) is 5.75 Å². The topological polar surface area (TPSA) is 115 Å². The number of Topliss-reactive ketones (excluding diaryl/α,β-unsaturated/α-hetero) is 1. The Kier molecular flexibility index (Phi) is 3.99. The molecule has 0 aliphatic heterocycles. The fourth-order valence-electron chi connectivity index (χ4n) is 4.09. The average Bonchev–Trinajstić information content (AvgIpc) is 2.55. The summed E-state index contributed by atoms with van der Waals surface area (Å²) in [7, 11) is 0. The quantitative estimate of drug-likeness (QED) is 0.477. The maximum atomic E-state index is 12.7. The van der Waals surface area contributed by atoms with Crippen LogP contribution in [-0.4, -0.2) is 38.1 Å². The van der Waals surface area contributed by atoms with Gasteiger partial charge in [0.2, 0.25) is 0 Å². The van der Waals surface area contributed by atoms with Crippen LogP contribution < -0.4 is 0 Å². The SMILES string of the molecule is CC1=C(C)C2=CC(=O)c3c(O)c(CC(C)O)c(O)c(O)c3C2(C)CC1=O. The number of ketones is 2. The highest BCUT2D eigenvalue weighted by atomic mass is 16.3. The van der Waals surface area contributed by atoms with Crippen molar-refractivity contribution in [2.45, 2.75) is 52.1 Å². The summed E-state index contributed by atoms with van der Waals surface area (Å²) in [5.41, 5.74) is 0.636. The van der Waals surface area contributed by atoms with Crippen LogP contribution >= 0.6 is 0 Å². The first-order valence-corrected chi connectivity index (χ1v) is 8.46. The molecule has 0 amide bonds. The summed E-state index contributed by atoms with van der Waals surface area (Å²) in [6, 6.07) is 0. The molecule has 3 rings (SSSR count). The third-order valence-electron chi connectivity index (χ3n) is 5.59. The summed E-state index contributed by atoms with van der Waals surface area (Å²) >= 11 is 0. The molecule has 2 aliphatic rings. The van der Waals surface area contributed by atoms with Crippen LogP contribution in [0.1, 0.15) is 55.6 Å². The maximum absolute atomic E-state index is 12.7. The molecule has 1 aromatic rings. The van der Waals surface area contributed by atoms with Gasteiger partial charge in [-0.15, -0.1) is 0 Å². The third-order valence-corrected chi connectivity index (χ3v) is 5.59. The predicted octanol–water partition coefficient (Wildman–Crippen LogP) is 2.42. The lowest BCUT2D eigenvalue weighted by Gasteiger charge is -2.41. The van der Waals surface area contributed by atoms with Gasteiger partial charge in [0.25, 0.3) is 0 Å². The second-order valence-corrected chi connectivity index (χ2v) is 7.43. The van der Waals surface area contributed by atoms with Gasteiger partial charge in [-0.2, -0.15) is 0 Å². The van der Waals surface area contributed by atoms with E-state index in [2.05, 4.69) is 0 Å². The number of allylic oxidation sites excluding steroid dienone is 4. The molecule has 0 heterocycles. The molecular weight excluding hydrogens is 336 g/mol. The molecule has 26 heavy (non-hydrogen) atoms. The van der Waals surface area contributed by atoms with Gasteiger partial charge < -0.3 is 20.4 Å². The Morgan fingerprint density at radius 3 is 2.27 bits per heavy atom. The van der Waals surface area contributed by atoms with Crippen molar-refractivity contribution in [3.05, 3.63) is 39.5 Å². The van der Waals surface area contributed by atoms with Gasteiger partial charge in [-0.05, 0) is 43.6 Å². The zero-order valence-corrected chi connectivity index (χ0v) is 15.2. The third kappa shape index (κ3) is 2.29. The summed E-state index contributed by atoms with van der Waals surface area (Å²) in [6.45, 7) is 6.62. The van der Waals surface area contributed by atoms with Gasteiger partial charge in [0.15, 0.2) is 23.1 Å². The highest BCUT2D eigenvalue weighted by Crippen LogP contribution is 2.56. The first-order chi connectivity index (χ1) is 12.0. The summed E-state index contributed by atoms with van der Waals surface area (Å²) in [4.78, 5) is 25.2. The standard InChI is InChI=1S/C20H22O6/c1-8(21)5-11-17(24)15-13(22)6-12-9(2)10(3)14(23)7-20(12,4)16(15)19(26)18(11)25/h6,8,21,24-26H,5,7H2,1-4H3. The summed E-state index contributed by atoms with van der Waals surface area (Å²) in [6.07, 6.45) is 0.380. The van der Waals surface area contributed by atoms with Crippen LogP contribution in [0.25, 0.3) is 0 Å². The molecule has 4 N–H and O–H groups in total. The number of benzene rings is 1. The van der Waals surface area contributed by atoms with Gasteiger partial charge >= 0.3 is 0 Å². The lowest BCUT2D eigenvalue weighted by molar-refractivity contribution is -0.116. The van der Waals surface area contributed by atoms with Crippen molar-refractivity contribution in [3.8, 4) is 17.2 Å². The smallest absolute Gasteiger partial charge is 0.190 e. The Morgan fingerprint density at radius 2 is 1.69 bits per heavy atom. The molecule has 0 fully saturated rings. The fourth-order valence-corrected chi connectivity index (χ4v) is 4.09. The largest absolute Gasteiger partial charge is 0.507 e. The van der Waals surface area contributed by atoms with Crippen molar-refractivity contribution >= 4 is 11.6 Å². The minimum absolute atomic E-state index is 0.0183. The molecule has 138 valence electrons. The molecule has 2 atom stereocenters. The van der Waals surface area contributed by atoms with Gasteiger partial charge in [-0.1, -0.05) is 6.92 Å². The molecule has 2 unspecified atom stereocenters. The Bertz CT molecular complexity index is 919. The van der Waals surface area contributed by atoms with E-state index in [1.165, 1.54) is 13.0 Å². The highest BCUT2D eigenvalue weighted by molar-refractivity contribution is 6.13. The minimum atomic E-state index is -1.04. The number of hydrogen-bond acceptors (Lipinski definition) is 6. The molecule has 0 bridgehead atoms. The van der Waals surface area contributed by atoms with Gasteiger partial charge in [-0.3, -0.25) is 9.59 Å². The average molecular weight is 358 g/mol. The van der Waals surface area contributed by atoms with E-state index < -0.39 is 34.6 Å². The lowest BCUT2D eigenvalue weighted by Crippen LogP contribution is -2.38. The first kappa shape index (κ1) is 18.2. The maximum Gasteiger partial charge on any atom is 0.190 e. The molecule has 6 nitrogen and oxygen atoms in total. The number of phenols is 3. The summed E-state index contributed by atoms with van der Waals surface area (Å²) in [5.74, 6) is -2.19. The van der Waals surface area contributed by atoms with E-state index in [-0.39, 0.29) is 35.3 Å². The van der Waals surface area contributed by atoms with E-state index in [1.54, 1.807) is 20.8 Å². The van der Waals surface area contributed by atoms with E-state index in [1.807, 2.05) is 0 Å². The van der Waals surface area contributed by atoms with Crippen LogP contribution in [0.5, 0.6) is 17.2 Å². The van der Waals surface area contributed by atoms with Crippen molar-refractivity contribution < 1.29 is 30.0 Å². The Hall–Kier alpha value is -2.60. The van der Waals surface area contributed by atoms with Crippen LogP contribution in [-0.2, 0) is 16.6 Å². The van der Waals surface area contributed by atoms with Crippen LogP contribution in [0.4, 0.5) is 0 Å².